The molecule has 5 heteroatoms. The minimum atomic E-state index is -0.192. The van der Waals surface area contributed by atoms with Crippen LogP contribution in [0.5, 0.6) is 0 Å². The van der Waals surface area contributed by atoms with Gasteiger partial charge in [0.15, 0.2) is 5.96 Å². The van der Waals surface area contributed by atoms with E-state index in [1.165, 1.54) is 37.0 Å². The molecule has 2 atom stereocenters. The van der Waals surface area contributed by atoms with Gasteiger partial charge in [-0.3, -0.25) is 19.9 Å². The quantitative estimate of drug-likeness (QED) is 0.575. The fraction of sp³-hybridized carbons (Fsp3) is 0.842. The second kappa shape index (κ2) is 9.19. The second-order valence-electron chi connectivity index (χ2n) is 7.80. The Balaban J connectivity index is 1.95. The summed E-state index contributed by atoms with van der Waals surface area (Å²) >= 11 is 0. The number of Topliss-reactive ketones (excluding diaryl/α,β-unsaturated/α-hetero) is 1. The lowest BCUT2D eigenvalue weighted by Crippen LogP contribution is -2.42. The highest BCUT2D eigenvalue weighted by molar-refractivity contribution is 5.95. The highest BCUT2D eigenvalue weighted by Crippen LogP contribution is 2.33. The van der Waals surface area contributed by atoms with Crippen molar-refractivity contribution < 1.29 is 9.59 Å². The molecule has 24 heavy (non-hydrogen) atoms. The molecule has 0 aliphatic heterocycles. The third-order valence-corrected chi connectivity index (χ3v) is 5.89. The molecule has 136 valence electrons. The smallest absolute Gasteiger partial charge is 0.232 e. The molecular weight excluding hydrogens is 302 g/mol. The van der Waals surface area contributed by atoms with Crippen LogP contribution in [0, 0.1) is 23.2 Å². The minimum Gasteiger partial charge on any atom is -0.370 e. The van der Waals surface area contributed by atoms with E-state index in [1.54, 1.807) is 7.05 Å². The van der Waals surface area contributed by atoms with Crippen molar-refractivity contribution >= 4 is 17.6 Å². The number of nitrogens with two attached hydrogens (primary N) is 1. The third kappa shape index (κ3) is 5.60. The van der Waals surface area contributed by atoms with Crippen LogP contribution in [0.2, 0.25) is 0 Å². The Morgan fingerprint density at radius 3 is 2.50 bits per heavy atom. The number of hydrogen-bond acceptors (Lipinski definition) is 3. The van der Waals surface area contributed by atoms with Crippen LogP contribution in [0.25, 0.3) is 0 Å². The first-order chi connectivity index (χ1) is 11.5. The molecule has 0 heterocycles. The van der Waals surface area contributed by atoms with E-state index >= 15 is 0 Å². The van der Waals surface area contributed by atoms with Gasteiger partial charge in [0.2, 0.25) is 5.91 Å². The van der Waals surface area contributed by atoms with Crippen LogP contribution < -0.4 is 5.73 Å². The van der Waals surface area contributed by atoms with Gasteiger partial charge in [-0.25, -0.2) is 0 Å². The summed E-state index contributed by atoms with van der Waals surface area (Å²) in [6.07, 6.45) is 12.6. The summed E-state index contributed by atoms with van der Waals surface area (Å²) in [7, 11) is 1.59. The average Bonchev–Trinajstić information content (AvgIpc) is 2.58. The van der Waals surface area contributed by atoms with E-state index < -0.39 is 0 Å². The monoisotopic (exact) mass is 335 g/mol. The van der Waals surface area contributed by atoms with Crippen LogP contribution in [0.15, 0.2) is 0 Å². The lowest BCUT2D eigenvalue weighted by atomic mass is 9.78. The molecule has 0 bridgehead atoms. The fourth-order valence-electron chi connectivity index (χ4n) is 4.36. The summed E-state index contributed by atoms with van der Waals surface area (Å²) in [6.45, 7) is 0. The van der Waals surface area contributed by atoms with E-state index in [1.807, 2.05) is 0 Å². The normalized spacial score (nSPS) is 23.7. The standard InChI is InChI=1S/C19H33N3O2/c1-22(19(20)21)18(24)16(11-10-14-6-3-2-4-7-14)12-15-8-5-9-17(23)13-15/h14-16H,2-13H2,1H3,(H3,20,21)/t15-,16-/m0/s1. The zero-order valence-electron chi connectivity index (χ0n) is 15.1. The van der Waals surface area contributed by atoms with Crippen LogP contribution in [-0.2, 0) is 9.59 Å². The van der Waals surface area contributed by atoms with E-state index in [-0.39, 0.29) is 17.8 Å². The number of hydrogen-bond donors (Lipinski definition) is 2. The number of carbonyl (C=O) groups excluding carboxylic acids is 2. The van der Waals surface area contributed by atoms with Gasteiger partial charge in [-0.15, -0.1) is 0 Å². The summed E-state index contributed by atoms with van der Waals surface area (Å²) in [5, 5.41) is 7.53. The lowest BCUT2D eigenvalue weighted by Gasteiger charge is -2.29. The summed E-state index contributed by atoms with van der Waals surface area (Å²) < 4.78 is 0. The van der Waals surface area contributed by atoms with Crippen LogP contribution in [-0.4, -0.2) is 29.6 Å². The highest BCUT2D eigenvalue weighted by atomic mass is 16.2. The molecule has 2 aliphatic carbocycles. The van der Waals surface area contributed by atoms with Crippen molar-refractivity contribution in [3.8, 4) is 0 Å². The summed E-state index contributed by atoms with van der Waals surface area (Å²) in [4.78, 5) is 25.7. The topological polar surface area (TPSA) is 87.2 Å². The van der Waals surface area contributed by atoms with E-state index in [2.05, 4.69) is 0 Å². The molecule has 0 radical (unpaired) electrons. The molecule has 0 unspecified atom stereocenters. The Bertz CT molecular complexity index is 458. The minimum absolute atomic E-state index is 0.0451. The number of guanidine groups is 1. The van der Waals surface area contributed by atoms with Gasteiger partial charge in [-0.05, 0) is 43.9 Å². The van der Waals surface area contributed by atoms with Gasteiger partial charge in [0.05, 0.1) is 0 Å². The summed E-state index contributed by atoms with van der Waals surface area (Å²) in [6, 6.07) is 0. The Kier molecular flexibility index (Phi) is 7.25. The van der Waals surface area contributed by atoms with Crippen molar-refractivity contribution in [2.24, 2.45) is 23.5 Å². The van der Waals surface area contributed by atoms with Gasteiger partial charge in [-0.2, -0.15) is 0 Å². The summed E-state index contributed by atoms with van der Waals surface area (Å²) in [5.74, 6) is 1.07. The number of nitrogens with zero attached hydrogens (tertiary/aromatic N) is 1. The first-order valence-corrected chi connectivity index (χ1v) is 9.60. The SMILES string of the molecule is CN(C(=N)N)C(=O)[C@@H](CCC1CCCCC1)C[C@@H]1CCCC(=O)C1. The maximum atomic E-state index is 12.7. The van der Waals surface area contributed by atoms with Gasteiger partial charge in [0, 0.05) is 25.8 Å². The number of rotatable bonds is 6. The lowest BCUT2D eigenvalue weighted by molar-refractivity contribution is -0.132. The van der Waals surface area contributed by atoms with Gasteiger partial charge >= 0.3 is 0 Å². The predicted molar refractivity (Wildman–Crippen MR) is 95.6 cm³/mol. The van der Waals surface area contributed by atoms with Gasteiger partial charge in [-0.1, -0.05) is 32.1 Å². The maximum absolute atomic E-state index is 12.7. The Morgan fingerprint density at radius 1 is 1.21 bits per heavy atom. The fourth-order valence-corrected chi connectivity index (χ4v) is 4.36. The largest absolute Gasteiger partial charge is 0.370 e. The van der Waals surface area contributed by atoms with Crippen molar-refractivity contribution in [1.82, 2.24) is 4.90 Å². The van der Waals surface area contributed by atoms with E-state index in [4.69, 9.17) is 11.1 Å². The highest BCUT2D eigenvalue weighted by Gasteiger charge is 2.30. The number of nitrogens with one attached hydrogen (secondary N) is 1. The molecule has 3 N–H and O–H groups in total. The van der Waals surface area contributed by atoms with Crippen molar-refractivity contribution in [2.75, 3.05) is 7.05 Å². The first-order valence-electron chi connectivity index (χ1n) is 9.60. The van der Waals surface area contributed by atoms with Crippen molar-refractivity contribution in [3.05, 3.63) is 0 Å². The van der Waals surface area contributed by atoms with Gasteiger partial charge in [0.1, 0.15) is 5.78 Å². The molecule has 2 aliphatic rings. The molecule has 2 rings (SSSR count). The third-order valence-electron chi connectivity index (χ3n) is 5.89. The zero-order valence-corrected chi connectivity index (χ0v) is 15.1. The zero-order chi connectivity index (χ0) is 17.5. The molecule has 0 saturated heterocycles. The van der Waals surface area contributed by atoms with Crippen molar-refractivity contribution in [1.29, 1.82) is 5.41 Å². The Labute approximate surface area is 145 Å². The molecule has 1 amide bonds. The van der Waals surface area contributed by atoms with Crippen LogP contribution >= 0.6 is 0 Å². The molecule has 2 fully saturated rings. The number of ketones is 1. The molecule has 0 aromatic carbocycles. The van der Waals surface area contributed by atoms with Crippen LogP contribution in [0.4, 0.5) is 0 Å². The number of amides is 1. The van der Waals surface area contributed by atoms with Gasteiger partial charge in [0.25, 0.3) is 0 Å². The second-order valence-corrected chi connectivity index (χ2v) is 7.80. The first kappa shape index (κ1) is 18.9. The van der Waals surface area contributed by atoms with Crippen molar-refractivity contribution in [3.63, 3.8) is 0 Å². The van der Waals surface area contributed by atoms with E-state index in [0.29, 0.717) is 24.5 Å². The summed E-state index contributed by atoms with van der Waals surface area (Å²) in [5.41, 5.74) is 5.50. The Morgan fingerprint density at radius 2 is 1.88 bits per heavy atom. The molecule has 0 aromatic rings. The molecule has 2 saturated carbocycles. The van der Waals surface area contributed by atoms with Crippen LogP contribution in [0.1, 0.15) is 77.0 Å². The predicted octanol–water partition coefficient (Wildman–Crippen LogP) is 3.46. The molecule has 0 aromatic heterocycles. The van der Waals surface area contributed by atoms with Gasteiger partial charge < -0.3 is 5.73 Å². The molecule has 5 nitrogen and oxygen atoms in total. The van der Waals surface area contributed by atoms with Crippen molar-refractivity contribution in [2.45, 2.75) is 77.0 Å². The molecular formula is C19H33N3O2. The maximum Gasteiger partial charge on any atom is 0.232 e. The van der Waals surface area contributed by atoms with E-state index in [0.717, 1.165) is 38.0 Å². The Hall–Kier alpha value is -1.39. The average molecular weight is 335 g/mol. The van der Waals surface area contributed by atoms with Crippen LogP contribution in [0.3, 0.4) is 0 Å². The number of carbonyl (C=O) groups is 2. The van der Waals surface area contributed by atoms with E-state index in [9.17, 15) is 9.59 Å². The molecule has 0 spiro atoms.